The number of carbonyl (C=O) groups excluding carboxylic acids is 1. The molecule has 0 aliphatic carbocycles. The molecule has 39 heavy (non-hydrogen) atoms. The molecule has 1 amide bonds. The van der Waals surface area contributed by atoms with Gasteiger partial charge in [0.15, 0.2) is 5.13 Å². The molecule has 0 fully saturated rings. The second-order valence-corrected chi connectivity index (χ2v) is 11.8. The van der Waals surface area contributed by atoms with Gasteiger partial charge in [-0.05, 0) is 62.0 Å². The van der Waals surface area contributed by atoms with Crippen molar-refractivity contribution in [3.63, 3.8) is 0 Å². The van der Waals surface area contributed by atoms with E-state index in [0.29, 0.717) is 23.8 Å². The molecule has 0 atom stereocenters. The van der Waals surface area contributed by atoms with Crippen LogP contribution < -0.4 is 4.90 Å². The maximum atomic E-state index is 13.7. The SMILES string of the molecule is CCN(CC)CCN(C(=O)c1ccc(S(=O)(=O)N(CCOC)CCOC)cc1)c1nc2ccc(C)cc2s1.Cl. The van der Waals surface area contributed by atoms with Crippen LogP contribution in [-0.4, -0.2) is 95.2 Å². The topological polar surface area (TPSA) is 92.3 Å². The zero-order valence-corrected chi connectivity index (χ0v) is 25.7. The number of fused-ring (bicyclic) bond motifs is 1. The predicted octanol–water partition coefficient (Wildman–Crippen LogP) is 4.30. The lowest BCUT2D eigenvalue weighted by atomic mass is 10.2. The van der Waals surface area contributed by atoms with E-state index in [-0.39, 0.29) is 49.5 Å². The fourth-order valence-electron chi connectivity index (χ4n) is 4.01. The number of thiazole rings is 1. The van der Waals surface area contributed by atoms with Crippen LogP contribution in [0.2, 0.25) is 0 Å². The Morgan fingerprint density at radius 1 is 0.923 bits per heavy atom. The van der Waals surface area contributed by atoms with Crippen LogP contribution >= 0.6 is 23.7 Å². The molecule has 3 aromatic rings. The van der Waals surface area contributed by atoms with Crippen LogP contribution in [0.25, 0.3) is 10.2 Å². The number of ether oxygens (including phenoxy) is 2. The summed E-state index contributed by atoms with van der Waals surface area (Å²) in [5.74, 6) is -0.215. The minimum absolute atomic E-state index is 0. The fourth-order valence-corrected chi connectivity index (χ4v) is 6.51. The van der Waals surface area contributed by atoms with Gasteiger partial charge in [-0.25, -0.2) is 13.4 Å². The van der Waals surface area contributed by atoms with Crippen molar-refractivity contribution in [2.75, 3.05) is 71.6 Å². The van der Waals surface area contributed by atoms with E-state index in [0.717, 1.165) is 28.9 Å². The predicted molar refractivity (Wildman–Crippen MR) is 160 cm³/mol. The van der Waals surface area contributed by atoms with E-state index in [2.05, 4.69) is 24.8 Å². The number of nitrogens with zero attached hydrogens (tertiary/aromatic N) is 4. The van der Waals surface area contributed by atoms with Crippen LogP contribution in [0.3, 0.4) is 0 Å². The number of benzene rings is 2. The highest BCUT2D eigenvalue weighted by molar-refractivity contribution is 7.89. The Morgan fingerprint density at radius 2 is 1.54 bits per heavy atom. The molecule has 0 unspecified atom stereocenters. The molecule has 2 aromatic carbocycles. The number of halogens is 1. The number of rotatable bonds is 15. The molecule has 0 N–H and O–H groups in total. The number of carbonyl (C=O) groups is 1. The first-order valence-corrected chi connectivity index (χ1v) is 15.0. The van der Waals surface area contributed by atoms with Crippen LogP contribution in [0.1, 0.15) is 29.8 Å². The molecule has 0 aliphatic heterocycles. The molecule has 0 saturated heterocycles. The van der Waals surface area contributed by atoms with Crippen LogP contribution in [0.5, 0.6) is 0 Å². The van der Waals surface area contributed by atoms with Crippen molar-refractivity contribution in [3.05, 3.63) is 53.6 Å². The van der Waals surface area contributed by atoms with Gasteiger partial charge in [0.25, 0.3) is 5.91 Å². The molecule has 1 aromatic heterocycles. The van der Waals surface area contributed by atoms with Gasteiger partial charge in [-0.1, -0.05) is 31.3 Å². The minimum Gasteiger partial charge on any atom is -0.383 e. The first kappa shape index (κ1) is 33.1. The lowest BCUT2D eigenvalue weighted by molar-refractivity contribution is 0.0983. The van der Waals surface area contributed by atoms with Gasteiger partial charge in [-0.3, -0.25) is 9.69 Å². The highest BCUT2D eigenvalue weighted by Gasteiger charge is 2.26. The van der Waals surface area contributed by atoms with Gasteiger partial charge in [0.05, 0.1) is 28.3 Å². The molecule has 3 rings (SSSR count). The summed E-state index contributed by atoms with van der Waals surface area (Å²) in [5, 5.41) is 0.629. The molecule has 1 heterocycles. The molecular weight excluding hydrogens is 560 g/mol. The summed E-state index contributed by atoms with van der Waals surface area (Å²) in [6.45, 7) is 10.1. The molecule has 0 radical (unpaired) electrons. The van der Waals surface area contributed by atoms with Crippen molar-refractivity contribution in [2.24, 2.45) is 0 Å². The van der Waals surface area contributed by atoms with Crippen molar-refractivity contribution < 1.29 is 22.7 Å². The highest BCUT2D eigenvalue weighted by atomic mass is 35.5. The Labute approximate surface area is 242 Å². The largest absolute Gasteiger partial charge is 0.383 e. The monoisotopic (exact) mass is 598 g/mol. The molecule has 12 heteroatoms. The van der Waals surface area contributed by atoms with E-state index < -0.39 is 10.0 Å². The Kier molecular flexibility index (Phi) is 13.2. The standard InChI is InChI=1S/C27H38N4O5S2.ClH/c1-6-29(7-2)14-15-31(27-28-24-13-8-21(3)20-25(24)37-27)26(32)22-9-11-23(12-10-22)38(33,34)30(16-18-35-4)17-19-36-5;/h8-13,20H,6-7,14-19H2,1-5H3;1H. The smallest absolute Gasteiger partial charge is 0.260 e. The summed E-state index contributed by atoms with van der Waals surface area (Å²) in [5.41, 5.74) is 2.39. The maximum absolute atomic E-state index is 13.7. The quantitative estimate of drug-likeness (QED) is 0.258. The number of amides is 1. The summed E-state index contributed by atoms with van der Waals surface area (Å²) in [6, 6.07) is 12.2. The van der Waals surface area contributed by atoms with Gasteiger partial charge in [-0.15, -0.1) is 12.4 Å². The van der Waals surface area contributed by atoms with Crippen LogP contribution in [-0.2, 0) is 19.5 Å². The number of methoxy groups -OCH3 is 2. The van der Waals surface area contributed by atoms with Crippen molar-refractivity contribution in [2.45, 2.75) is 25.7 Å². The Balaban J connectivity index is 0.00000533. The lowest BCUT2D eigenvalue weighted by Crippen LogP contribution is -2.39. The summed E-state index contributed by atoms with van der Waals surface area (Å²) in [4.78, 5) is 22.6. The van der Waals surface area contributed by atoms with E-state index in [4.69, 9.17) is 14.5 Å². The first-order chi connectivity index (χ1) is 18.2. The number of hydrogen-bond donors (Lipinski definition) is 0. The summed E-state index contributed by atoms with van der Waals surface area (Å²) in [6.07, 6.45) is 0. The molecule has 0 bridgehead atoms. The summed E-state index contributed by atoms with van der Waals surface area (Å²) < 4.78 is 39.0. The van der Waals surface area contributed by atoms with Crippen molar-refractivity contribution in [1.29, 1.82) is 0 Å². The van der Waals surface area contributed by atoms with E-state index in [1.165, 1.54) is 42.0 Å². The van der Waals surface area contributed by atoms with E-state index >= 15 is 0 Å². The second-order valence-electron chi connectivity index (χ2n) is 8.87. The zero-order valence-electron chi connectivity index (χ0n) is 23.3. The van der Waals surface area contributed by atoms with E-state index in [9.17, 15) is 13.2 Å². The average molecular weight is 599 g/mol. The van der Waals surface area contributed by atoms with Gasteiger partial charge in [0.1, 0.15) is 0 Å². The van der Waals surface area contributed by atoms with Crippen molar-refractivity contribution >= 4 is 55.0 Å². The van der Waals surface area contributed by atoms with Gasteiger partial charge >= 0.3 is 0 Å². The Morgan fingerprint density at radius 3 is 2.10 bits per heavy atom. The molecule has 9 nitrogen and oxygen atoms in total. The Bertz CT molecular complexity index is 1290. The highest BCUT2D eigenvalue weighted by Crippen LogP contribution is 2.30. The molecular formula is C27H39ClN4O5S2. The number of likely N-dealkylation sites (N-methyl/N-ethyl adjacent to an activating group) is 1. The number of aryl methyl sites for hydroxylation is 1. The van der Waals surface area contributed by atoms with Crippen LogP contribution in [0, 0.1) is 6.92 Å². The molecule has 0 spiro atoms. The molecule has 0 saturated carbocycles. The first-order valence-electron chi connectivity index (χ1n) is 12.7. The normalized spacial score (nSPS) is 11.8. The third kappa shape index (κ3) is 8.43. The zero-order chi connectivity index (χ0) is 27.7. The number of sulfonamides is 1. The average Bonchev–Trinajstić information content (AvgIpc) is 3.33. The fraction of sp³-hybridized carbons (Fsp3) is 0.481. The number of anilines is 1. The number of aromatic nitrogens is 1. The van der Waals surface area contributed by atoms with Crippen LogP contribution in [0.15, 0.2) is 47.4 Å². The molecule has 0 aliphatic rings. The van der Waals surface area contributed by atoms with Gasteiger partial charge in [0.2, 0.25) is 10.0 Å². The molecule has 216 valence electrons. The van der Waals surface area contributed by atoms with Crippen molar-refractivity contribution in [1.82, 2.24) is 14.2 Å². The van der Waals surface area contributed by atoms with Gasteiger partial charge in [0, 0.05) is 46.0 Å². The summed E-state index contributed by atoms with van der Waals surface area (Å²) in [7, 11) is -0.723. The minimum atomic E-state index is -3.78. The maximum Gasteiger partial charge on any atom is 0.260 e. The van der Waals surface area contributed by atoms with E-state index in [1.807, 2.05) is 19.1 Å². The lowest BCUT2D eigenvalue weighted by Gasteiger charge is -2.25. The van der Waals surface area contributed by atoms with Crippen molar-refractivity contribution in [3.8, 4) is 0 Å². The van der Waals surface area contributed by atoms with E-state index in [1.54, 1.807) is 17.0 Å². The third-order valence-corrected chi connectivity index (χ3v) is 9.33. The third-order valence-electron chi connectivity index (χ3n) is 6.37. The van der Waals surface area contributed by atoms with Crippen LogP contribution in [0.4, 0.5) is 5.13 Å². The summed E-state index contributed by atoms with van der Waals surface area (Å²) >= 11 is 1.49. The Hall–Kier alpha value is -2.12. The number of hydrogen-bond acceptors (Lipinski definition) is 8. The second kappa shape index (κ2) is 15.6. The van der Waals surface area contributed by atoms with Gasteiger partial charge < -0.3 is 14.4 Å². The van der Waals surface area contributed by atoms with Gasteiger partial charge in [-0.2, -0.15) is 4.31 Å².